The molecule has 1 atom stereocenters. The first-order valence-corrected chi connectivity index (χ1v) is 9.03. The molecule has 2 fully saturated rings. The summed E-state index contributed by atoms with van der Waals surface area (Å²) in [5, 5.41) is 3.87. The van der Waals surface area contributed by atoms with Gasteiger partial charge in [-0.1, -0.05) is 0 Å². The van der Waals surface area contributed by atoms with Crippen molar-refractivity contribution in [3.05, 3.63) is 35.0 Å². The summed E-state index contributed by atoms with van der Waals surface area (Å²) in [6.45, 7) is 5.29. The number of urea groups is 1. The lowest BCUT2D eigenvalue weighted by molar-refractivity contribution is -0.0365. The van der Waals surface area contributed by atoms with Gasteiger partial charge in [0, 0.05) is 35.8 Å². The molecule has 2 aliphatic rings. The van der Waals surface area contributed by atoms with Crippen LogP contribution in [0.5, 0.6) is 0 Å². The zero-order valence-electron chi connectivity index (χ0n) is 13.3. The predicted octanol–water partition coefficient (Wildman–Crippen LogP) is 2.27. The first kappa shape index (κ1) is 15.8. The fourth-order valence-electron chi connectivity index (χ4n) is 3.36. The normalized spacial score (nSPS) is 21.7. The number of morpholine rings is 1. The average molecular weight is 349 g/mol. The molecule has 4 rings (SSSR count). The van der Waals surface area contributed by atoms with Gasteiger partial charge in [-0.15, -0.1) is 11.3 Å². The number of carbonyl (C=O) groups is 1. The number of rotatable bonds is 2. The Kier molecular flexibility index (Phi) is 4.39. The van der Waals surface area contributed by atoms with E-state index in [9.17, 15) is 9.18 Å². The summed E-state index contributed by atoms with van der Waals surface area (Å²) in [5.41, 5.74) is 0. The van der Waals surface area contributed by atoms with Crippen molar-refractivity contribution in [3.63, 3.8) is 0 Å². The predicted molar refractivity (Wildman–Crippen MR) is 91.8 cm³/mol. The Labute approximate surface area is 144 Å². The lowest BCUT2D eigenvalue weighted by Crippen LogP contribution is -2.60. The van der Waals surface area contributed by atoms with Gasteiger partial charge in [-0.3, -0.25) is 4.90 Å². The van der Waals surface area contributed by atoms with Gasteiger partial charge in [0.1, 0.15) is 5.82 Å². The van der Waals surface area contributed by atoms with Crippen LogP contribution in [0.25, 0.3) is 10.1 Å². The molecule has 1 aromatic heterocycles. The third-order valence-corrected chi connectivity index (χ3v) is 5.78. The Morgan fingerprint density at radius 2 is 2.25 bits per heavy atom. The van der Waals surface area contributed by atoms with Crippen LogP contribution < -0.4 is 5.32 Å². The molecule has 1 unspecified atom stereocenters. The van der Waals surface area contributed by atoms with Crippen molar-refractivity contribution < 1.29 is 13.9 Å². The molecule has 2 aliphatic heterocycles. The molecule has 0 bridgehead atoms. The molecular formula is C17H20FN3O2S. The number of amides is 2. The van der Waals surface area contributed by atoms with Crippen LogP contribution in [0.3, 0.4) is 0 Å². The van der Waals surface area contributed by atoms with E-state index < -0.39 is 0 Å². The van der Waals surface area contributed by atoms with Crippen LogP contribution in [0.2, 0.25) is 0 Å². The summed E-state index contributed by atoms with van der Waals surface area (Å²) in [7, 11) is 0. The van der Waals surface area contributed by atoms with Crippen molar-refractivity contribution in [1.29, 1.82) is 0 Å². The molecule has 0 aliphatic carbocycles. The number of halogens is 1. The standard InChI is InChI=1S/C17H20FN3O2S/c18-13-1-2-16-12(7-13)8-15(24-16)9-19-17(22)21-4-3-20-5-6-23-11-14(20)10-21/h1-2,7-8,14H,3-6,9-11H2,(H,19,22). The monoisotopic (exact) mass is 349 g/mol. The van der Waals surface area contributed by atoms with Crippen molar-refractivity contribution in [3.8, 4) is 0 Å². The second-order valence-electron chi connectivity index (χ2n) is 6.26. The Morgan fingerprint density at radius 3 is 3.17 bits per heavy atom. The molecule has 0 radical (unpaired) electrons. The summed E-state index contributed by atoms with van der Waals surface area (Å²) >= 11 is 1.58. The van der Waals surface area contributed by atoms with E-state index in [0.29, 0.717) is 25.7 Å². The van der Waals surface area contributed by atoms with Gasteiger partial charge in [0.15, 0.2) is 0 Å². The number of hydrogen-bond acceptors (Lipinski definition) is 4. The van der Waals surface area contributed by atoms with Gasteiger partial charge in [-0.05, 0) is 29.7 Å². The number of ether oxygens (including phenoxy) is 1. The molecule has 1 aromatic carbocycles. The molecule has 2 aromatic rings. The number of piperazine rings is 1. The molecule has 0 spiro atoms. The van der Waals surface area contributed by atoms with Crippen molar-refractivity contribution in [2.75, 3.05) is 39.4 Å². The molecule has 0 saturated carbocycles. The zero-order chi connectivity index (χ0) is 16.5. The summed E-state index contributed by atoms with van der Waals surface area (Å²) in [4.78, 5) is 17.7. The van der Waals surface area contributed by atoms with E-state index in [4.69, 9.17) is 4.74 Å². The highest BCUT2D eigenvalue weighted by Gasteiger charge is 2.31. The minimum absolute atomic E-state index is 0.0381. The SMILES string of the molecule is O=C(NCc1cc2cc(F)ccc2s1)N1CCN2CCOCC2C1. The van der Waals surface area contributed by atoms with Gasteiger partial charge < -0.3 is 15.0 Å². The van der Waals surface area contributed by atoms with Gasteiger partial charge in [-0.2, -0.15) is 0 Å². The van der Waals surface area contributed by atoms with Crippen molar-refractivity contribution in [2.45, 2.75) is 12.6 Å². The van der Waals surface area contributed by atoms with Crippen LogP contribution >= 0.6 is 11.3 Å². The maximum absolute atomic E-state index is 13.3. The van der Waals surface area contributed by atoms with Crippen LogP contribution in [0, 0.1) is 5.82 Å². The van der Waals surface area contributed by atoms with Gasteiger partial charge >= 0.3 is 6.03 Å². The van der Waals surface area contributed by atoms with Gasteiger partial charge in [0.25, 0.3) is 0 Å². The number of fused-ring (bicyclic) bond motifs is 2. The molecule has 2 amide bonds. The molecule has 3 heterocycles. The maximum Gasteiger partial charge on any atom is 0.317 e. The fourth-order valence-corrected chi connectivity index (χ4v) is 4.35. The van der Waals surface area contributed by atoms with Crippen molar-refractivity contribution in [1.82, 2.24) is 15.1 Å². The minimum Gasteiger partial charge on any atom is -0.378 e. The Balaban J connectivity index is 1.35. The molecule has 5 nitrogen and oxygen atoms in total. The molecule has 128 valence electrons. The Morgan fingerprint density at radius 1 is 1.33 bits per heavy atom. The first-order chi connectivity index (χ1) is 11.7. The lowest BCUT2D eigenvalue weighted by Gasteiger charge is -2.43. The zero-order valence-corrected chi connectivity index (χ0v) is 14.2. The van der Waals surface area contributed by atoms with Crippen LogP contribution in [0.1, 0.15) is 4.88 Å². The highest BCUT2D eigenvalue weighted by atomic mass is 32.1. The van der Waals surface area contributed by atoms with Crippen LogP contribution in [-0.4, -0.2) is 61.3 Å². The summed E-state index contributed by atoms with van der Waals surface area (Å²) < 4.78 is 19.8. The van der Waals surface area contributed by atoms with E-state index in [2.05, 4.69) is 10.2 Å². The third kappa shape index (κ3) is 3.24. The number of carbonyl (C=O) groups excluding carboxylic acids is 1. The number of nitrogens with zero attached hydrogens (tertiary/aromatic N) is 2. The smallest absolute Gasteiger partial charge is 0.317 e. The van der Waals surface area contributed by atoms with E-state index in [-0.39, 0.29) is 11.8 Å². The van der Waals surface area contributed by atoms with E-state index in [1.807, 2.05) is 11.0 Å². The summed E-state index contributed by atoms with van der Waals surface area (Å²) in [6, 6.07) is 6.99. The summed E-state index contributed by atoms with van der Waals surface area (Å²) in [6.07, 6.45) is 0. The average Bonchev–Trinajstić information content (AvgIpc) is 3.01. The van der Waals surface area contributed by atoms with Crippen LogP contribution in [0.4, 0.5) is 9.18 Å². The number of nitrogens with one attached hydrogen (secondary N) is 1. The molecule has 24 heavy (non-hydrogen) atoms. The number of benzene rings is 1. The number of thiophene rings is 1. The Bertz CT molecular complexity index is 751. The van der Waals surface area contributed by atoms with Gasteiger partial charge in [0.2, 0.25) is 0 Å². The third-order valence-electron chi connectivity index (χ3n) is 4.67. The molecule has 7 heteroatoms. The van der Waals surface area contributed by atoms with Gasteiger partial charge in [0.05, 0.1) is 25.8 Å². The largest absolute Gasteiger partial charge is 0.378 e. The fraction of sp³-hybridized carbons (Fsp3) is 0.471. The first-order valence-electron chi connectivity index (χ1n) is 8.21. The highest BCUT2D eigenvalue weighted by molar-refractivity contribution is 7.19. The van der Waals surface area contributed by atoms with Crippen molar-refractivity contribution in [2.24, 2.45) is 0 Å². The molecular weight excluding hydrogens is 329 g/mol. The van der Waals surface area contributed by atoms with Gasteiger partial charge in [-0.25, -0.2) is 9.18 Å². The van der Waals surface area contributed by atoms with E-state index in [0.717, 1.165) is 41.2 Å². The van der Waals surface area contributed by atoms with Crippen molar-refractivity contribution >= 4 is 27.5 Å². The Hall–Kier alpha value is -1.70. The summed E-state index contributed by atoms with van der Waals surface area (Å²) in [5.74, 6) is -0.233. The molecule has 2 saturated heterocycles. The highest BCUT2D eigenvalue weighted by Crippen LogP contribution is 2.26. The molecule has 1 N–H and O–H groups in total. The second kappa shape index (κ2) is 6.66. The topological polar surface area (TPSA) is 44.8 Å². The quantitative estimate of drug-likeness (QED) is 0.905. The minimum atomic E-state index is -0.233. The van der Waals surface area contributed by atoms with Crippen LogP contribution in [-0.2, 0) is 11.3 Å². The van der Waals surface area contributed by atoms with E-state index >= 15 is 0 Å². The van der Waals surface area contributed by atoms with E-state index in [1.165, 1.54) is 12.1 Å². The number of hydrogen-bond donors (Lipinski definition) is 1. The van der Waals surface area contributed by atoms with Crippen LogP contribution in [0.15, 0.2) is 24.3 Å². The second-order valence-corrected chi connectivity index (χ2v) is 7.43. The maximum atomic E-state index is 13.3. The van der Waals surface area contributed by atoms with E-state index in [1.54, 1.807) is 17.4 Å². The lowest BCUT2D eigenvalue weighted by atomic mass is 10.1.